The van der Waals surface area contributed by atoms with Crippen LogP contribution in [0.2, 0.25) is 0 Å². The molecule has 0 radical (unpaired) electrons. The van der Waals surface area contributed by atoms with Gasteiger partial charge >= 0.3 is 12.1 Å². The summed E-state index contributed by atoms with van der Waals surface area (Å²) in [5.74, 6) is 2.36. The van der Waals surface area contributed by atoms with Crippen LogP contribution in [0, 0.1) is 34.5 Å². The Morgan fingerprint density at radius 1 is 1.07 bits per heavy atom. The third-order valence-corrected chi connectivity index (χ3v) is 12.3. The van der Waals surface area contributed by atoms with Crippen LogP contribution in [-0.4, -0.2) is 72.4 Å². The first-order valence-electron chi connectivity index (χ1n) is 16.8. The fourth-order valence-corrected chi connectivity index (χ4v) is 9.95. The molecule has 8 atom stereocenters. The quantitative estimate of drug-likeness (QED) is 0.181. The van der Waals surface area contributed by atoms with Crippen molar-refractivity contribution in [2.75, 3.05) is 19.8 Å². The summed E-state index contributed by atoms with van der Waals surface area (Å²) in [4.78, 5) is 45.3. The van der Waals surface area contributed by atoms with Gasteiger partial charge in [0.05, 0.1) is 31.1 Å². The largest absolute Gasteiger partial charge is 0.462 e. The first-order chi connectivity index (χ1) is 20.5. The molecule has 9 heteroatoms. The molecule has 3 saturated carbocycles. The number of esters is 1. The lowest BCUT2D eigenvalue weighted by molar-refractivity contribution is -0.149. The Hall–Kier alpha value is -2.26. The number of hydrogen-bond acceptors (Lipinski definition) is 8. The van der Waals surface area contributed by atoms with Gasteiger partial charge in [-0.15, -0.1) is 0 Å². The summed E-state index contributed by atoms with van der Waals surface area (Å²) in [6, 6.07) is -0.399. The minimum Gasteiger partial charge on any atom is -0.462 e. The van der Waals surface area contributed by atoms with Crippen LogP contribution in [0.4, 0.5) is 4.79 Å². The number of amides is 1. The van der Waals surface area contributed by atoms with E-state index in [-0.39, 0.29) is 41.0 Å². The van der Waals surface area contributed by atoms with Crippen LogP contribution >= 0.6 is 0 Å². The van der Waals surface area contributed by atoms with Gasteiger partial charge < -0.3 is 9.47 Å². The van der Waals surface area contributed by atoms with Crippen molar-refractivity contribution in [3.05, 3.63) is 11.6 Å². The molecule has 0 bridgehead atoms. The van der Waals surface area contributed by atoms with Gasteiger partial charge in [0.15, 0.2) is 5.78 Å². The molecule has 43 heavy (non-hydrogen) atoms. The average Bonchev–Trinajstić information content (AvgIpc) is 3.54. The van der Waals surface area contributed by atoms with E-state index in [1.807, 2.05) is 26.8 Å². The zero-order valence-corrected chi connectivity index (χ0v) is 26.7. The lowest BCUT2D eigenvalue weighted by Crippen LogP contribution is -2.55. The summed E-state index contributed by atoms with van der Waals surface area (Å²) in [6.07, 6.45) is 11.4. The summed E-state index contributed by atoms with van der Waals surface area (Å²) in [5, 5.41) is 7.84. The number of allylic oxidation sites excluding steroid dienone is 1. The van der Waals surface area contributed by atoms with Crippen molar-refractivity contribution < 1.29 is 28.7 Å². The summed E-state index contributed by atoms with van der Waals surface area (Å²) < 4.78 is 10.8. The lowest BCUT2D eigenvalue weighted by atomic mass is 9.46. The molecule has 5 fully saturated rings. The van der Waals surface area contributed by atoms with E-state index in [4.69, 9.17) is 14.3 Å². The molecule has 0 aromatic carbocycles. The Kier molecular flexibility index (Phi) is 8.52. The van der Waals surface area contributed by atoms with Gasteiger partial charge in [-0.2, -0.15) is 0 Å². The van der Waals surface area contributed by atoms with Crippen molar-refractivity contribution in [1.82, 2.24) is 10.2 Å². The smallest absolute Gasteiger partial charge is 0.436 e. The number of fused-ring (bicyclic) bond motifs is 5. The zero-order chi connectivity index (χ0) is 30.5. The summed E-state index contributed by atoms with van der Waals surface area (Å²) >= 11 is 0. The molecule has 6 aliphatic rings. The van der Waals surface area contributed by atoms with Gasteiger partial charge in [-0.3, -0.25) is 24.6 Å². The fraction of sp³-hybridized carbons (Fsp3) is 0.824. The normalized spacial score (nSPS) is 39.3. The van der Waals surface area contributed by atoms with Gasteiger partial charge in [-0.05, 0) is 113 Å². The molecule has 1 N–H and O–H groups in total. The molecule has 0 aromatic rings. The highest BCUT2D eigenvalue weighted by molar-refractivity contribution is 5.91. The standard InChI is InChI=1S/C34H51N3O6/c1-20(2)42-31(39)30-11-7-23(35-30)17-37(24-18-41-19-24)32(40)43-36-21(3)27-9-10-28-26-8-6-22-16-25(38)12-14-33(22,4)29(26)13-15-34(27,28)5/h16,20,23-24,26-30,35H,6-15,17-19H2,1-5H3/b36-21+/t23?,26-,27+,28-,29-,30?,33-,34+/m0/s1. The van der Waals surface area contributed by atoms with E-state index >= 15 is 0 Å². The van der Waals surface area contributed by atoms with Crippen molar-refractivity contribution in [3.8, 4) is 0 Å². The number of nitrogens with one attached hydrogen (secondary N) is 1. The predicted octanol–water partition coefficient (Wildman–Crippen LogP) is 5.42. The Labute approximate surface area is 256 Å². The van der Waals surface area contributed by atoms with Crippen molar-refractivity contribution >= 4 is 23.6 Å². The first kappa shape index (κ1) is 30.8. The van der Waals surface area contributed by atoms with Gasteiger partial charge in [0.2, 0.25) is 0 Å². The van der Waals surface area contributed by atoms with Crippen molar-refractivity contribution in [1.29, 1.82) is 0 Å². The van der Waals surface area contributed by atoms with E-state index in [1.165, 1.54) is 24.8 Å². The predicted molar refractivity (Wildman–Crippen MR) is 162 cm³/mol. The molecule has 238 valence electrons. The van der Waals surface area contributed by atoms with Crippen molar-refractivity contribution in [2.24, 2.45) is 39.7 Å². The SMILES string of the molecule is C/C(=N\OC(=O)N(CC1CCC(C(=O)OC(C)C)N1)C1COC1)[C@H]1CC[C@H]2[C@@H]3CCC4=CC(=O)CC[C@]4(C)[C@H]3CC[C@]12C. The third kappa shape index (κ3) is 5.69. The van der Waals surface area contributed by atoms with E-state index in [9.17, 15) is 14.4 Å². The van der Waals surface area contributed by atoms with E-state index in [0.29, 0.717) is 62.1 Å². The molecule has 9 nitrogen and oxygen atoms in total. The molecule has 2 aliphatic heterocycles. The van der Waals surface area contributed by atoms with Crippen LogP contribution in [0.3, 0.4) is 0 Å². The Morgan fingerprint density at radius 3 is 2.58 bits per heavy atom. The van der Waals surface area contributed by atoms with Crippen LogP contribution in [0.25, 0.3) is 0 Å². The molecule has 2 saturated heterocycles. The second-order valence-corrected chi connectivity index (χ2v) is 15.1. The zero-order valence-electron chi connectivity index (χ0n) is 26.7. The average molecular weight is 598 g/mol. The van der Waals surface area contributed by atoms with Gasteiger partial charge in [0.25, 0.3) is 0 Å². The van der Waals surface area contributed by atoms with Crippen LogP contribution in [0.1, 0.15) is 98.8 Å². The molecule has 1 amide bonds. The van der Waals surface area contributed by atoms with Crippen LogP contribution in [0.5, 0.6) is 0 Å². The maximum absolute atomic E-state index is 13.4. The third-order valence-electron chi connectivity index (χ3n) is 12.3. The molecule has 6 rings (SSSR count). The minimum atomic E-state index is -0.447. The van der Waals surface area contributed by atoms with E-state index in [0.717, 1.165) is 37.8 Å². The van der Waals surface area contributed by atoms with Crippen LogP contribution in [-0.2, 0) is 23.9 Å². The number of ether oxygens (including phenoxy) is 2. The molecule has 2 unspecified atom stereocenters. The Morgan fingerprint density at radius 2 is 1.86 bits per heavy atom. The van der Waals surface area contributed by atoms with Crippen molar-refractivity contribution in [3.63, 3.8) is 0 Å². The van der Waals surface area contributed by atoms with E-state index in [1.54, 1.807) is 4.90 Å². The Balaban J connectivity index is 1.09. The molecular weight excluding hydrogens is 546 g/mol. The summed E-state index contributed by atoms with van der Waals surface area (Å²) in [5.41, 5.74) is 2.65. The maximum Gasteiger partial charge on any atom is 0.436 e. The van der Waals surface area contributed by atoms with Crippen molar-refractivity contribution in [2.45, 2.75) is 123 Å². The number of carbonyl (C=O) groups excluding carboxylic acids is 3. The second-order valence-electron chi connectivity index (χ2n) is 15.1. The summed E-state index contributed by atoms with van der Waals surface area (Å²) in [7, 11) is 0. The Bertz CT molecular complexity index is 1180. The number of ketones is 1. The highest BCUT2D eigenvalue weighted by Gasteiger charge is 2.59. The van der Waals surface area contributed by atoms with Gasteiger partial charge in [0.1, 0.15) is 6.04 Å². The molecule has 0 aromatic heterocycles. The second kappa shape index (κ2) is 11.9. The number of nitrogens with zero attached hydrogens (tertiary/aromatic N) is 2. The van der Waals surface area contributed by atoms with Gasteiger partial charge in [-0.1, -0.05) is 24.6 Å². The highest BCUT2D eigenvalue weighted by atomic mass is 16.7. The van der Waals surface area contributed by atoms with E-state index < -0.39 is 6.09 Å². The number of hydrogen-bond donors (Lipinski definition) is 1. The number of rotatable bonds is 7. The lowest BCUT2D eigenvalue weighted by Gasteiger charge is -2.58. The fourth-order valence-electron chi connectivity index (χ4n) is 9.95. The summed E-state index contributed by atoms with van der Waals surface area (Å²) in [6.45, 7) is 12.0. The van der Waals surface area contributed by atoms with Crippen LogP contribution in [0.15, 0.2) is 16.8 Å². The van der Waals surface area contributed by atoms with Gasteiger partial charge in [0, 0.05) is 24.9 Å². The maximum atomic E-state index is 13.4. The van der Waals surface area contributed by atoms with Gasteiger partial charge in [-0.25, -0.2) is 4.79 Å². The molecule has 0 spiro atoms. The molecule has 2 heterocycles. The molecular formula is C34H51N3O6. The van der Waals surface area contributed by atoms with Crippen LogP contribution < -0.4 is 5.32 Å². The van der Waals surface area contributed by atoms with E-state index in [2.05, 4.69) is 24.3 Å². The minimum absolute atomic E-state index is 0.0115. The number of oxime groups is 1. The molecule has 4 aliphatic carbocycles. The number of carbonyl (C=O) groups is 3. The highest BCUT2D eigenvalue weighted by Crippen LogP contribution is 2.66. The topological polar surface area (TPSA) is 107 Å². The monoisotopic (exact) mass is 597 g/mol. The first-order valence-corrected chi connectivity index (χ1v) is 16.8.